The van der Waals surface area contributed by atoms with E-state index in [2.05, 4.69) is 35.8 Å². The molecule has 118 valence electrons. The van der Waals surface area contributed by atoms with Crippen LogP contribution in [0.1, 0.15) is 17.2 Å². The summed E-state index contributed by atoms with van der Waals surface area (Å²) in [5.74, 6) is 1.84. The predicted molar refractivity (Wildman–Crippen MR) is 95.2 cm³/mol. The fourth-order valence-electron chi connectivity index (χ4n) is 2.35. The summed E-state index contributed by atoms with van der Waals surface area (Å²) in [5.41, 5.74) is 3.37. The molecule has 22 heavy (non-hydrogen) atoms. The van der Waals surface area contributed by atoms with Crippen molar-refractivity contribution in [1.82, 2.24) is 0 Å². The third-order valence-corrected chi connectivity index (χ3v) is 4.08. The van der Waals surface area contributed by atoms with E-state index < -0.39 is 0 Å². The first-order valence-electron chi connectivity index (χ1n) is 7.31. The van der Waals surface area contributed by atoms with E-state index in [1.54, 1.807) is 18.9 Å². The van der Waals surface area contributed by atoms with Gasteiger partial charge in [-0.3, -0.25) is 0 Å². The lowest BCUT2D eigenvalue weighted by Crippen LogP contribution is -2.11. The molecule has 0 heterocycles. The van der Waals surface area contributed by atoms with E-state index in [9.17, 15) is 0 Å². The van der Waals surface area contributed by atoms with Gasteiger partial charge >= 0.3 is 0 Å². The van der Waals surface area contributed by atoms with Crippen LogP contribution in [0.15, 0.2) is 48.5 Å². The molecule has 0 aromatic heterocycles. The van der Waals surface area contributed by atoms with Crippen LogP contribution in [0.3, 0.4) is 0 Å². The standard InChI is InChI=1S/C18H23NO2S/c1-19-17-7-5-4-6-16(17)18(21-12-13-22-3)14-8-10-15(20-2)11-9-14/h4-11,18-19H,12-13H2,1-3H3/t18-/m0/s1. The molecule has 2 aromatic rings. The molecule has 2 aromatic carbocycles. The normalized spacial score (nSPS) is 12.0. The van der Waals surface area contributed by atoms with Crippen molar-refractivity contribution in [3.8, 4) is 5.75 Å². The van der Waals surface area contributed by atoms with Crippen LogP contribution in [-0.4, -0.2) is 32.8 Å². The fourth-order valence-corrected chi connectivity index (χ4v) is 2.61. The first kappa shape index (κ1) is 16.7. The summed E-state index contributed by atoms with van der Waals surface area (Å²) >= 11 is 1.79. The van der Waals surface area contributed by atoms with Gasteiger partial charge in [0, 0.05) is 24.1 Å². The van der Waals surface area contributed by atoms with E-state index in [1.807, 2.05) is 31.3 Å². The van der Waals surface area contributed by atoms with Crippen LogP contribution in [0, 0.1) is 0 Å². The molecule has 1 N–H and O–H groups in total. The number of benzene rings is 2. The number of hydrogen-bond donors (Lipinski definition) is 1. The summed E-state index contributed by atoms with van der Waals surface area (Å²) in [6.45, 7) is 0.718. The van der Waals surface area contributed by atoms with Crippen LogP contribution in [-0.2, 0) is 4.74 Å². The topological polar surface area (TPSA) is 30.5 Å². The van der Waals surface area contributed by atoms with Gasteiger partial charge in [0.1, 0.15) is 11.9 Å². The van der Waals surface area contributed by atoms with Crippen LogP contribution in [0.4, 0.5) is 5.69 Å². The van der Waals surface area contributed by atoms with Crippen molar-refractivity contribution in [3.05, 3.63) is 59.7 Å². The largest absolute Gasteiger partial charge is 0.497 e. The second-order valence-corrected chi connectivity index (χ2v) is 5.84. The number of rotatable bonds is 8. The summed E-state index contributed by atoms with van der Waals surface area (Å²) in [6.07, 6.45) is 2.01. The van der Waals surface area contributed by atoms with Gasteiger partial charge in [0.2, 0.25) is 0 Å². The number of nitrogens with one attached hydrogen (secondary N) is 1. The molecule has 0 unspecified atom stereocenters. The first-order chi connectivity index (χ1) is 10.8. The van der Waals surface area contributed by atoms with Crippen molar-refractivity contribution in [2.45, 2.75) is 6.10 Å². The molecule has 0 fully saturated rings. The Morgan fingerprint density at radius 2 is 1.82 bits per heavy atom. The van der Waals surface area contributed by atoms with Crippen LogP contribution in [0.2, 0.25) is 0 Å². The second kappa shape index (κ2) is 8.71. The number of methoxy groups -OCH3 is 1. The van der Waals surface area contributed by atoms with Crippen LogP contribution < -0.4 is 10.1 Å². The van der Waals surface area contributed by atoms with E-state index in [0.717, 1.165) is 34.9 Å². The minimum absolute atomic E-state index is 0.0818. The number of thioether (sulfide) groups is 1. The zero-order valence-corrected chi connectivity index (χ0v) is 14.2. The molecule has 1 atom stereocenters. The Bertz CT molecular complexity index is 572. The molecule has 0 bridgehead atoms. The molecular formula is C18H23NO2S. The van der Waals surface area contributed by atoms with E-state index in [1.165, 1.54) is 0 Å². The number of anilines is 1. The van der Waals surface area contributed by atoms with Crippen molar-refractivity contribution in [2.75, 3.05) is 38.1 Å². The molecule has 0 radical (unpaired) electrons. The summed E-state index contributed by atoms with van der Waals surface area (Å²) in [5, 5.41) is 3.25. The number of para-hydroxylation sites is 1. The highest BCUT2D eigenvalue weighted by molar-refractivity contribution is 7.98. The van der Waals surface area contributed by atoms with Gasteiger partial charge in [0.25, 0.3) is 0 Å². The molecule has 0 aliphatic heterocycles. The Morgan fingerprint density at radius 1 is 1.09 bits per heavy atom. The highest BCUT2D eigenvalue weighted by Gasteiger charge is 2.17. The Labute approximate surface area is 137 Å². The van der Waals surface area contributed by atoms with Gasteiger partial charge < -0.3 is 14.8 Å². The van der Waals surface area contributed by atoms with Gasteiger partial charge in [-0.1, -0.05) is 30.3 Å². The van der Waals surface area contributed by atoms with Gasteiger partial charge in [0.05, 0.1) is 13.7 Å². The minimum Gasteiger partial charge on any atom is -0.497 e. The lowest BCUT2D eigenvalue weighted by molar-refractivity contribution is 0.0939. The van der Waals surface area contributed by atoms with Gasteiger partial charge in [-0.2, -0.15) is 11.8 Å². The summed E-state index contributed by atoms with van der Waals surface area (Å²) < 4.78 is 11.4. The van der Waals surface area contributed by atoms with Crippen molar-refractivity contribution in [3.63, 3.8) is 0 Å². The van der Waals surface area contributed by atoms with Gasteiger partial charge in [-0.25, -0.2) is 0 Å². The third-order valence-electron chi connectivity index (χ3n) is 3.50. The lowest BCUT2D eigenvalue weighted by Gasteiger charge is -2.21. The average Bonchev–Trinajstić information content (AvgIpc) is 2.59. The van der Waals surface area contributed by atoms with Gasteiger partial charge in [-0.05, 0) is 30.0 Å². The van der Waals surface area contributed by atoms with Crippen molar-refractivity contribution in [2.24, 2.45) is 0 Å². The lowest BCUT2D eigenvalue weighted by atomic mass is 9.99. The summed E-state index contributed by atoms with van der Waals surface area (Å²) in [7, 11) is 3.61. The molecule has 0 amide bonds. The Kier molecular flexibility index (Phi) is 6.62. The van der Waals surface area contributed by atoms with Crippen molar-refractivity contribution >= 4 is 17.4 Å². The maximum Gasteiger partial charge on any atom is 0.118 e. The quantitative estimate of drug-likeness (QED) is 0.739. The molecule has 0 saturated heterocycles. The molecule has 3 nitrogen and oxygen atoms in total. The number of ether oxygens (including phenoxy) is 2. The highest BCUT2D eigenvalue weighted by atomic mass is 32.2. The smallest absolute Gasteiger partial charge is 0.118 e. The predicted octanol–water partition coefficient (Wildman–Crippen LogP) is 4.21. The average molecular weight is 317 g/mol. The molecule has 2 rings (SSSR count). The fraction of sp³-hybridized carbons (Fsp3) is 0.333. The van der Waals surface area contributed by atoms with Gasteiger partial charge in [0.15, 0.2) is 0 Å². The summed E-state index contributed by atoms with van der Waals surface area (Å²) in [6, 6.07) is 16.3. The zero-order chi connectivity index (χ0) is 15.8. The van der Waals surface area contributed by atoms with Crippen LogP contribution in [0.5, 0.6) is 5.75 Å². The van der Waals surface area contributed by atoms with E-state index in [4.69, 9.17) is 9.47 Å². The molecule has 0 aliphatic rings. The molecular weight excluding hydrogens is 294 g/mol. The SMILES string of the molecule is CNc1ccccc1[C@@H](OCCSC)c1ccc(OC)cc1. The molecule has 0 spiro atoms. The Balaban J connectivity index is 2.32. The number of hydrogen-bond acceptors (Lipinski definition) is 4. The minimum atomic E-state index is -0.0818. The van der Waals surface area contributed by atoms with E-state index in [-0.39, 0.29) is 6.10 Å². The second-order valence-electron chi connectivity index (χ2n) is 4.85. The molecule has 0 aliphatic carbocycles. The summed E-state index contributed by atoms with van der Waals surface area (Å²) in [4.78, 5) is 0. The zero-order valence-electron chi connectivity index (χ0n) is 13.3. The molecule has 4 heteroatoms. The van der Waals surface area contributed by atoms with E-state index in [0.29, 0.717) is 0 Å². The van der Waals surface area contributed by atoms with Crippen LogP contribution >= 0.6 is 11.8 Å². The monoisotopic (exact) mass is 317 g/mol. The van der Waals surface area contributed by atoms with Crippen molar-refractivity contribution < 1.29 is 9.47 Å². The third kappa shape index (κ3) is 4.18. The maximum absolute atomic E-state index is 6.17. The highest BCUT2D eigenvalue weighted by Crippen LogP contribution is 2.32. The van der Waals surface area contributed by atoms with E-state index >= 15 is 0 Å². The Morgan fingerprint density at radius 3 is 2.45 bits per heavy atom. The first-order valence-corrected chi connectivity index (χ1v) is 8.70. The van der Waals surface area contributed by atoms with Crippen LogP contribution in [0.25, 0.3) is 0 Å². The molecule has 0 saturated carbocycles. The maximum atomic E-state index is 6.17. The van der Waals surface area contributed by atoms with Gasteiger partial charge in [-0.15, -0.1) is 0 Å². The Hall–Kier alpha value is -1.65. The van der Waals surface area contributed by atoms with Crippen molar-refractivity contribution in [1.29, 1.82) is 0 Å².